The Labute approximate surface area is 116 Å². The average Bonchev–Trinajstić information content (AvgIpc) is 2.25. The molecule has 0 bridgehead atoms. The van der Waals surface area contributed by atoms with Gasteiger partial charge in [-0.05, 0) is 31.8 Å². The van der Waals surface area contributed by atoms with E-state index in [0.717, 1.165) is 0 Å². The van der Waals surface area contributed by atoms with Crippen LogP contribution in [0.3, 0.4) is 0 Å². The fourth-order valence-corrected chi connectivity index (χ4v) is 6.12. The zero-order valence-corrected chi connectivity index (χ0v) is 13.9. The zero-order chi connectivity index (χ0) is 14.5. The van der Waals surface area contributed by atoms with Crippen molar-refractivity contribution in [3.63, 3.8) is 0 Å². The van der Waals surface area contributed by atoms with Gasteiger partial charge in [0.15, 0.2) is 16.7 Å². The summed E-state index contributed by atoms with van der Waals surface area (Å²) in [5.41, 5.74) is 0. The standard InChI is InChI=1S/C11H19O5PSSi/c1-19(2,3)16-17(12)9-10-18(13,14)15-11-7-5-4-6-8-11/h4-8,12H,9-10H2,1-3H3. The van der Waals surface area contributed by atoms with Crippen LogP contribution in [0.5, 0.6) is 5.75 Å². The molecule has 0 heterocycles. The molecule has 1 aromatic rings. The summed E-state index contributed by atoms with van der Waals surface area (Å²) in [5, 5.41) is 0. The first-order chi connectivity index (χ1) is 8.68. The van der Waals surface area contributed by atoms with Crippen molar-refractivity contribution in [2.24, 2.45) is 0 Å². The zero-order valence-electron chi connectivity index (χ0n) is 11.2. The van der Waals surface area contributed by atoms with Crippen LogP contribution in [0, 0.1) is 0 Å². The van der Waals surface area contributed by atoms with Crippen LogP contribution in [-0.2, 0) is 14.3 Å². The number of hydrogen-bond acceptors (Lipinski definition) is 5. The fourth-order valence-electron chi connectivity index (χ4n) is 1.22. The van der Waals surface area contributed by atoms with E-state index in [1.807, 2.05) is 19.6 Å². The molecule has 1 N–H and O–H groups in total. The van der Waals surface area contributed by atoms with Gasteiger partial charge in [-0.2, -0.15) is 8.42 Å². The molecule has 108 valence electrons. The van der Waals surface area contributed by atoms with E-state index in [1.165, 1.54) is 0 Å². The average molecular weight is 322 g/mol. The molecule has 0 spiro atoms. The molecule has 0 aliphatic rings. The van der Waals surface area contributed by atoms with Crippen molar-refractivity contribution in [2.45, 2.75) is 19.6 Å². The van der Waals surface area contributed by atoms with Crippen LogP contribution < -0.4 is 4.18 Å². The van der Waals surface area contributed by atoms with Gasteiger partial charge in [0.05, 0.1) is 5.75 Å². The molecule has 8 heteroatoms. The normalized spacial score (nSPS) is 14.1. The molecule has 1 rings (SSSR count). The summed E-state index contributed by atoms with van der Waals surface area (Å²) in [7, 11) is -7.25. The van der Waals surface area contributed by atoms with Gasteiger partial charge in [-0.1, -0.05) is 18.2 Å². The third-order valence-corrected chi connectivity index (χ3v) is 6.97. The van der Waals surface area contributed by atoms with Crippen molar-refractivity contribution in [3.05, 3.63) is 30.3 Å². The maximum Gasteiger partial charge on any atom is 0.309 e. The summed E-state index contributed by atoms with van der Waals surface area (Å²) in [4.78, 5) is 9.67. The predicted octanol–water partition coefficient (Wildman–Crippen LogP) is 2.55. The van der Waals surface area contributed by atoms with Gasteiger partial charge < -0.3 is 13.3 Å². The van der Waals surface area contributed by atoms with Crippen LogP contribution in [0.25, 0.3) is 0 Å². The van der Waals surface area contributed by atoms with Gasteiger partial charge >= 0.3 is 10.1 Å². The molecular formula is C11H19O5PSSi. The highest BCUT2D eigenvalue weighted by atomic mass is 32.2. The highest BCUT2D eigenvalue weighted by Gasteiger charge is 2.22. The molecule has 0 aliphatic heterocycles. The lowest BCUT2D eigenvalue weighted by Gasteiger charge is -2.21. The Bertz CT molecular complexity index is 486. The SMILES string of the molecule is C[Si](C)(C)OP(O)CCS(=O)(=O)Oc1ccccc1. The molecule has 1 aromatic carbocycles. The summed E-state index contributed by atoms with van der Waals surface area (Å²) in [6.07, 6.45) is 0.0643. The molecule has 0 saturated carbocycles. The van der Waals surface area contributed by atoms with Crippen LogP contribution in [0.2, 0.25) is 19.6 Å². The van der Waals surface area contributed by atoms with Gasteiger partial charge in [0.1, 0.15) is 5.75 Å². The number of hydrogen-bond donors (Lipinski definition) is 1. The van der Waals surface area contributed by atoms with Crippen LogP contribution in [0.15, 0.2) is 30.3 Å². The molecule has 0 saturated heterocycles. The second-order valence-electron chi connectivity index (χ2n) is 4.94. The van der Waals surface area contributed by atoms with Crippen molar-refractivity contribution in [2.75, 3.05) is 11.9 Å². The smallest absolute Gasteiger partial charge is 0.309 e. The first kappa shape index (κ1) is 16.6. The van der Waals surface area contributed by atoms with E-state index in [-0.39, 0.29) is 17.7 Å². The second kappa shape index (κ2) is 6.81. The molecule has 19 heavy (non-hydrogen) atoms. The maximum absolute atomic E-state index is 11.7. The first-order valence-electron chi connectivity index (χ1n) is 5.81. The van der Waals surface area contributed by atoms with E-state index >= 15 is 0 Å². The second-order valence-corrected chi connectivity index (χ2v) is 12.7. The van der Waals surface area contributed by atoms with Gasteiger partial charge in [-0.15, -0.1) is 0 Å². The predicted molar refractivity (Wildman–Crippen MR) is 79.3 cm³/mol. The molecule has 1 atom stereocenters. The van der Waals surface area contributed by atoms with Gasteiger partial charge in [-0.3, -0.25) is 0 Å². The highest BCUT2D eigenvalue weighted by molar-refractivity contribution is 7.87. The molecule has 0 amide bonds. The number of rotatable bonds is 7. The molecule has 0 aromatic heterocycles. The Hall–Kier alpha value is -0.463. The Balaban J connectivity index is 2.48. The maximum atomic E-state index is 11.7. The Morgan fingerprint density at radius 1 is 1.21 bits per heavy atom. The Kier molecular flexibility index (Phi) is 5.95. The lowest BCUT2D eigenvalue weighted by molar-refractivity contribution is 0.475. The Morgan fingerprint density at radius 3 is 2.32 bits per heavy atom. The third kappa shape index (κ3) is 7.64. The lowest BCUT2D eigenvalue weighted by Crippen LogP contribution is -2.24. The van der Waals surface area contributed by atoms with Crippen LogP contribution >= 0.6 is 8.38 Å². The molecule has 0 aliphatic carbocycles. The molecule has 0 radical (unpaired) electrons. The monoisotopic (exact) mass is 322 g/mol. The third-order valence-electron chi connectivity index (χ3n) is 1.88. The van der Waals surface area contributed by atoms with Crippen molar-refractivity contribution >= 4 is 26.8 Å². The topological polar surface area (TPSA) is 72.8 Å². The van der Waals surface area contributed by atoms with Crippen molar-refractivity contribution < 1.29 is 21.7 Å². The van der Waals surface area contributed by atoms with E-state index in [0.29, 0.717) is 0 Å². The van der Waals surface area contributed by atoms with Crippen molar-refractivity contribution in [1.29, 1.82) is 0 Å². The highest BCUT2D eigenvalue weighted by Crippen LogP contribution is 2.35. The van der Waals surface area contributed by atoms with Crippen LogP contribution in [-0.4, -0.2) is 33.5 Å². The summed E-state index contributed by atoms with van der Waals surface area (Å²) in [6.45, 7) is 5.81. The minimum absolute atomic E-state index is 0.0643. The molecular weight excluding hydrogens is 303 g/mol. The summed E-state index contributed by atoms with van der Waals surface area (Å²) < 4.78 is 33.7. The van der Waals surface area contributed by atoms with E-state index in [9.17, 15) is 13.3 Å². The van der Waals surface area contributed by atoms with E-state index in [4.69, 9.17) is 8.40 Å². The van der Waals surface area contributed by atoms with Crippen LogP contribution in [0.4, 0.5) is 0 Å². The number of benzene rings is 1. The summed E-state index contributed by atoms with van der Waals surface area (Å²) in [5.74, 6) is 0.0186. The summed E-state index contributed by atoms with van der Waals surface area (Å²) >= 11 is 0. The van der Waals surface area contributed by atoms with E-state index < -0.39 is 26.8 Å². The largest absolute Gasteiger partial charge is 0.382 e. The molecule has 0 fully saturated rings. The van der Waals surface area contributed by atoms with Crippen molar-refractivity contribution in [3.8, 4) is 5.75 Å². The van der Waals surface area contributed by atoms with Gasteiger partial charge in [0.25, 0.3) is 0 Å². The fraction of sp³-hybridized carbons (Fsp3) is 0.455. The first-order valence-corrected chi connectivity index (χ1v) is 12.2. The summed E-state index contributed by atoms with van der Waals surface area (Å²) in [6, 6.07) is 8.29. The minimum Gasteiger partial charge on any atom is -0.382 e. The van der Waals surface area contributed by atoms with E-state index in [2.05, 4.69) is 0 Å². The van der Waals surface area contributed by atoms with Crippen LogP contribution in [0.1, 0.15) is 0 Å². The van der Waals surface area contributed by atoms with Gasteiger partial charge in [-0.25, -0.2) is 0 Å². The molecule has 5 nitrogen and oxygen atoms in total. The Morgan fingerprint density at radius 2 is 1.79 bits per heavy atom. The number of para-hydroxylation sites is 1. The minimum atomic E-state index is -3.69. The molecule has 1 unspecified atom stereocenters. The lowest BCUT2D eigenvalue weighted by atomic mass is 10.3. The van der Waals surface area contributed by atoms with Gasteiger partial charge in [0.2, 0.25) is 0 Å². The van der Waals surface area contributed by atoms with E-state index in [1.54, 1.807) is 30.3 Å². The van der Waals surface area contributed by atoms with Gasteiger partial charge in [0, 0.05) is 6.16 Å². The van der Waals surface area contributed by atoms with Crippen molar-refractivity contribution in [1.82, 2.24) is 0 Å². The quantitative estimate of drug-likeness (QED) is 0.474.